The van der Waals surface area contributed by atoms with Crippen LogP contribution in [0.1, 0.15) is 91.9 Å². The van der Waals surface area contributed by atoms with Crippen molar-refractivity contribution in [1.29, 1.82) is 0 Å². The molecule has 0 radical (unpaired) electrons. The Bertz CT molecular complexity index is 195. The van der Waals surface area contributed by atoms with Gasteiger partial charge in [0.05, 0.1) is 0 Å². The third-order valence-corrected chi connectivity index (χ3v) is 3.46. The summed E-state index contributed by atoms with van der Waals surface area (Å²) in [6.45, 7) is 8.11. The number of aliphatic carboxylic acids is 1. The third-order valence-electron chi connectivity index (χ3n) is 3.46. The van der Waals surface area contributed by atoms with Crippen LogP contribution in [0.15, 0.2) is 0 Å². The van der Waals surface area contributed by atoms with Crippen LogP contribution >= 0.6 is 0 Å². The Balaban J connectivity index is 0. The fraction of sp³-hybridized carbons (Fsp3) is 0.941. The molecule has 0 spiro atoms. The molecule has 0 rings (SSSR count). The van der Waals surface area contributed by atoms with Crippen molar-refractivity contribution >= 4 is 5.97 Å². The van der Waals surface area contributed by atoms with Gasteiger partial charge in [0.2, 0.25) is 0 Å². The van der Waals surface area contributed by atoms with Crippen LogP contribution in [0.5, 0.6) is 0 Å². The second kappa shape index (κ2) is 16.5. The number of rotatable bonds is 11. The maximum atomic E-state index is 10.0. The van der Waals surface area contributed by atoms with E-state index in [9.17, 15) is 4.79 Å². The van der Waals surface area contributed by atoms with Crippen LogP contribution in [-0.2, 0) is 4.79 Å². The summed E-state index contributed by atoms with van der Waals surface area (Å²) in [6.07, 6.45) is 14.4. The highest BCUT2D eigenvalue weighted by Gasteiger charge is 2.14. The van der Waals surface area contributed by atoms with Gasteiger partial charge in [0.1, 0.15) is 6.04 Å². The van der Waals surface area contributed by atoms with Gasteiger partial charge >= 0.3 is 5.97 Å². The summed E-state index contributed by atoms with van der Waals surface area (Å²) in [4.78, 5) is 10.0. The zero-order chi connectivity index (χ0) is 15.8. The number of hydrogen-bond donors (Lipinski definition) is 2. The topological polar surface area (TPSA) is 63.3 Å². The highest BCUT2D eigenvalue weighted by Crippen LogP contribution is 2.09. The van der Waals surface area contributed by atoms with E-state index in [2.05, 4.69) is 13.8 Å². The van der Waals surface area contributed by atoms with Gasteiger partial charge in [0.15, 0.2) is 0 Å². The van der Waals surface area contributed by atoms with Crippen molar-refractivity contribution in [2.24, 2.45) is 11.7 Å². The van der Waals surface area contributed by atoms with Gasteiger partial charge in [-0.1, -0.05) is 91.9 Å². The third kappa shape index (κ3) is 17.4. The van der Waals surface area contributed by atoms with Crippen LogP contribution in [0, 0.1) is 5.92 Å². The number of carboxylic acid groups (broad SMARTS) is 1. The molecule has 3 heteroatoms. The van der Waals surface area contributed by atoms with E-state index in [1.807, 2.05) is 0 Å². The van der Waals surface area contributed by atoms with E-state index in [0.29, 0.717) is 0 Å². The van der Waals surface area contributed by atoms with Crippen molar-refractivity contribution in [1.82, 2.24) is 0 Å². The van der Waals surface area contributed by atoms with Crippen LogP contribution in [-0.4, -0.2) is 17.1 Å². The number of carbonyl (C=O) groups is 1. The minimum atomic E-state index is -0.931. The standard InChI is InChI=1S/C12H26.C5H11NO2/c1-3-5-7-9-11-12-10-8-6-4-2;1-3(2)4(6)5(7)8/h3-12H2,1-2H3;3-4H,6H2,1-2H3,(H,7,8). The maximum absolute atomic E-state index is 10.0. The lowest BCUT2D eigenvalue weighted by atomic mass is 10.1. The number of unbranched alkanes of at least 4 members (excludes halogenated alkanes) is 9. The van der Waals surface area contributed by atoms with Gasteiger partial charge < -0.3 is 10.8 Å². The average molecular weight is 287 g/mol. The van der Waals surface area contributed by atoms with Gasteiger partial charge in [-0.25, -0.2) is 0 Å². The van der Waals surface area contributed by atoms with E-state index >= 15 is 0 Å². The Morgan fingerprint density at radius 2 is 1.15 bits per heavy atom. The summed E-state index contributed by atoms with van der Waals surface area (Å²) in [5, 5.41) is 8.23. The summed E-state index contributed by atoms with van der Waals surface area (Å²) >= 11 is 0. The van der Waals surface area contributed by atoms with Gasteiger partial charge in [-0.15, -0.1) is 0 Å². The monoisotopic (exact) mass is 287 g/mol. The van der Waals surface area contributed by atoms with Crippen molar-refractivity contribution in [2.75, 3.05) is 0 Å². The predicted molar refractivity (Wildman–Crippen MR) is 88.0 cm³/mol. The Morgan fingerprint density at radius 3 is 1.30 bits per heavy atom. The lowest BCUT2D eigenvalue weighted by Gasteiger charge is -2.07. The summed E-state index contributed by atoms with van der Waals surface area (Å²) in [5.41, 5.74) is 5.16. The Morgan fingerprint density at radius 1 is 0.850 bits per heavy atom. The first-order chi connectivity index (χ1) is 9.47. The fourth-order valence-electron chi connectivity index (χ4n) is 1.85. The van der Waals surface area contributed by atoms with Crippen molar-refractivity contribution in [3.05, 3.63) is 0 Å². The molecule has 0 aliphatic heterocycles. The molecule has 20 heavy (non-hydrogen) atoms. The summed E-state index contributed by atoms with van der Waals surface area (Å²) in [6, 6.07) is -0.713. The molecule has 0 amide bonds. The van der Waals surface area contributed by atoms with Crippen LogP contribution < -0.4 is 5.73 Å². The molecular formula is C17H37NO2. The molecule has 1 atom stereocenters. The van der Waals surface area contributed by atoms with E-state index in [1.54, 1.807) is 13.8 Å². The quantitative estimate of drug-likeness (QED) is 0.527. The molecule has 0 saturated carbocycles. The minimum Gasteiger partial charge on any atom is -0.480 e. The SMILES string of the molecule is CC(C)C(N)C(=O)O.CCCCCCCCCCCC. The molecule has 1 unspecified atom stereocenters. The normalized spacial score (nSPS) is 11.9. The second-order valence-corrected chi connectivity index (χ2v) is 5.94. The van der Waals surface area contributed by atoms with Crippen LogP contribution in [0.25, 0.3) is 0 Å². The molecule has 0 saturated heterocycles. The molecule has 3 nitrogen and oxygen atoms in total. The van der Waals surface area contributed by atoms with E-state index < -0.39 is 12.0 Å². The molecule has 122 valence electrons. The largest absolute Gasteiger partial charge is 0.480 e. The molecule has 3 N–H and O–H groups in total. The Hall–Kier alpha value is -0.570. The van der Waals surface area contributed by atoms with Gasteiger partial charge in [-0.2, -0.15) is 0 Å². The number of hydrogen-bond acceptors (Lipinski definition) is 2. The molecule has 0 aromatic rings. The summed E-state index contributed by atoms with van der Waals surface area (Å²) in [7, 11) is 0. The van der Waals surface area contributed by atoms with Crippen LogP contribution in [0.3, 0.4) is 0 Å². The van der Waals surface area contributed by atoms with Crippen molar-refractivity contribution in [2.45, 2.75) is 97.9 Å². The molecule has 0 aromatic heterocycles. The second-order valence-electron chi connectivity index (χ2n) is 5.94. The minimum absolute atomic E-state index is 0.0208. The van der Waals surface area contributed by atoms with Crippen molar-refractivity contribution < 1.29 is 9.90 Å². The predicted octanol–water partition coefficient (Wildman–Crippen LogP) is 4.98. The molecule has 0 fully saturated rings. The lowest BCUT2D eigenvalue weighted by Crippen LogP contribution is -2.34. The van der Waals surface area contributed by atoms with E-state index in [1.165, 1.54) is 64.2 Å². The first kappa shape index (κ1) is 21.7. The van der Waals surface area contributed by atoms with Crippen LogP contribution in [0.4, 0.5) is 0 Å². The van der Waals surface area contributed by atoms with Gasteiger partial charge in [-0.3, -0.25) is 4.79 Å². The smallest absolute Gasteiger partial charge is 0.320 e. The first-order valence-corrected chi connectivity index (χ1v) is 8.45. The highest BCUT2D eigenvalue weighted by atomic mass is 16.4. The van der Waals surface area contributed by atoms with Gasteiger partial charge in [0.25, 0.3) is 0 Å². The molecule has 0 aliphatic carbocycles. The molecule has 0 aromatic carbocycles. The number of carboxylic acids is 1. The molecule has 0 aliphatic rings. The maximum Gasteiger partial charge on any atom is 0.320 e. The van der Waals surface area contributed by atoms with Gasteiger partial charge in [0, 0.05) is 0 Å². The van der Waals surface area contributed by atoms with E-state index in [0.717, 1.165) is 0 Å². The lowest BCUT2D eigenvalue weighted by molar-refractivity contribution is -0.139. The van der Waals surface area contributed by atoms with Gasteiger partial charge in [-0.05, 0) is 5.92 Å². The molecule has 0 bridgehead atoms. The zero-order valence-corrected chi connectivity index (χ0v) is 14.2. The first-order valence-electron chi connectivity index (χ1n) is 8.45. The molecular weight excluding hydrogens is 250 g/mol. The fourth-order valence-corrected chi connectivity index (χ4v) is 1.85. The molecule has 0 heterocycles. The summed E-state index contributed by atoms with van der Waals surface area (Å²) in [5.74, 6) is -0.910. The van der Waals surface area contributed by atoms with E-state index in [4.69, 9.17) is 10.8 Å². The van der Waals surface area contributed by atoms with Crippen LogP contribution in [0.2, 0.25) is 0 Å². The number of nitrogens with two attached hydrogens (primary N) is 1. The Kier molecular flexibility index (Phi) is 17.9. The highest BCUT2D eigenvalue weighted by molar-refractivity contribution is 5.73. The zero-order valence-electron chi connectivity index (χ0n) is 14.2. The summed E-state index contributed by atoms with van der Waals surface area (Å²) < 4.78 is 0. The van der Waals surface area contributed by atoms with E-state index in [-0.39, 0.29) is 5.92 Å². The average Bonchev–Trinajstić information content (AvgIpc) is 2.41. The van der Waals surface area contributed by atoms with Crippen molar-refractivity contribution in [3.8, 4) is 0 Å². The van der Waals surface area contributed by atoms with Crippen molar-refractivity contribution in [3.63, 3.8) is 0 Å². The Labute approximate surface area is 126 Å².